The van der Waals surface area contributed by atoms with E-state index < -0.39 is 10.0 Å². The molecule has 5 heteroatoms. The van der Waals surface area contributed by atoms with Crippen molar-refractivity contribution >= 4 is 21.5 Å². The Morgan fingerprint density at radius 2 is 1.77 bits per heavy atom. The summed E-state index contributed by atoms with van der Waals surface area (Å²) < 4.78 is 27.1. The molecule has 0 unspecified atom stereocenters. The molecule has 0 aliphatic heterocycles. The van der Waals surface area contributed by atoms with Crippen LogP contribution in [0.1, 0.15) is 35.7 Å². The number of hydrogen-bond acceptors (Lipinski definition) is 3. The predicted molar refractivity (Wildman–Crippen MR) is 87.7 cm³/mol. The first-order valence-corrected chi connectivity index (χ1v) is 8.63. The van der Waals surface area contributed by atoms with E-state index in [1.165, 1.54) is 0 Å². The topological polar surface area (TPSA) is 63.2 Å². The van der Waals surface area contributed by atoms with Crippen molar-refractivity contribution in [3.05, 3.63) is 59.7 Å². The number of hydrogen-bond donors (Lipinski definition) is 1. The van der Waals surface area contributed by atoms with Gasteiger partial charge in [-0.1, -0.05) is 19.1 Å². The van der Waals surface area contributed by atoms with E-state index in [0.29, 0.717) is 17.7 Å². The molecule has 0 spiro atoms. The van der Waals surface area contributed by atoms with E-state index >= 15 is 0 Å². The summed E-state index contributed by atoms with van der Waals surface area (Å²) in [7, 11) is -3.61. The van der Waals surface area contributed by atoms with Crippen LogP contribution in [-0.4, -0.2) is 14.2 Å². The Morgan fingerprint density at radius 1 is 1.09 bits per heavy atom. The summed E-state index contributed by atoms with van der Waals surface area (Å²) in [5.41, 5.74) is 1.92. The molecule has 0 amide bonds. The van der Waals surface area contributed by atoms with Crippen molar-refractivity contribution in [2.75, 3.05) is 4.72 Å². The molecule has 0 atom stereocenters. The lowest BCUT2D eigenvalue weighted by atomic mass is 10.1. The van der Waals surface area contributed by atoms with Crippen molar-refractivity contribution in [1.82, 2.24) is 0 Å². The molecule has 2 rings (SSSR count). The summed E-state index contributed by atoms with van der Waals surface area (Å²) in [6, 6.07) is 13.2. The number of carbonyl (C=O) groups excluding carboxylic acids is 1. The molecule has 0 saturated carbocycles. The highest BCUT2D eigenvalue weighted by Crippen LogP contribution is 2.18. The van der Waals surface area contributed by atoms with Crippen molar-refractivity contribution in [2.45, 2.75) is 31.6 Å². The van der Waals surface area contributed by atoms with Crippen LogP contribution in [0, 0.1) is 6.92 Å². The summed E-state index contributed by atoms with van der Waals surface area (Å²) in [6.45, 7) is 3.79. The van der Waals surface area contributed by atoms with Crippen LogP contribution in [-0.2, 0) is 10.0 Å². The minimum absolute atomic E-state index is 0.0654. The number of benzene rings is 2. The molecule has 1 N–H and O–H groups in total. The van der Waals surface area contributed by atoms with Gasteiger partial charge in [0.25, 0.3) is 10.0 Å². The molecule has 0 aromatic heterocycles. The molecular weight excluding hydrogens is 298 g/mol. The van der Waals surface area contributed by atoms with Gasteiger partial charge in [-0.3, -0.25) is 9.52 Å². The maximum Gasteiger partial charge on any atom is 0.261 e. The Balaban J connectivity index is 2.18. The molecule has 0 fully saturated rings. The lowest BCUT2D eigenvalue weighted by molar-refractivity contribution is 0.0982. The number of sulfonamides is 1. The normalized spacial score (nSPS) is 11.2. The predicted octanol–water partition coefficient (Wildman–Crippen LogP) is 3.78. The highest BCUT2D eigenvalue weighted by molar-refractivity contribution is 7.92. The molecule has 2 aromatic carbocycles. The van der Waals surface area contributed by atoms with Crippen molar-refractivity contribution in [2.24, 2.45) is 0 Å². The Kier molecular flexibility index (Phi) is 4.98. The average Bonchev–Trinajstić information content (AvgIpc) is 2.48. The van der Waals surface area contributed by atoms with E-state index in [2.05, 4.69) is 4.72 Å². The van der Waals surface area contributed by atoms with Gasteiger partial charge in [-0.15, -0.1) is 0 Å². The van der Waals surface area contributed by atoms with Crippen LogP contribution in [0.5, 0.6) is 0 Å². The number of rotatable bonds is 6. The highest BCUT2D eigenvalue weighted by atomic mass is 32.2. The molecule has 0 aliphatic rings. The Hall–Kier alpha value is -2.14. The molecule has 0 saturated heterocycles. The van der Waals surface area contributed by atoms with Gasteiger partial charge in [0.15, 0.2) is 5.78 Å². The number of anilines is 1. The lowest BCUT2D eigenvalue weighted by Crippen LogP contribution is -2.13. The number of Topliss-reactive ketones (excluding diaryl/α,β-unsaturated/α-hetero) is 1. The van der Waals surface area contributed by atoms with E-state index in [1.807, 2.05) is 19.9 Å². The van der Waals surface area contributed by atoms with Gasteiger partial charge in [0.2, 0.25) is 0 Å². The zero-order valence-electron chi connectivity index (χ0n) is 12.7. The van der Waals surface area contributed by atoms with Crippen LogP contribution in [0.4, 0.5) is 5.69 Å². The van der Waals surface area contributed by atoms with Crippen LogP contribution in [0.3, 0.4) is 0 Å². The van der Waals surface area contributed by atoms with Gasteiger partial charge in [-0.2, -0.15) is 0 Å². The first-order chi connectivity index (χ1) is 10.4. The third-order valence-corrected chi connectivity index (χ3v) is 4.61. The molecule has 22 heavy (non-hydrogen) atoms. The molecule has 2 aromatic rings. The van der Waals surface area contributed by atoms with E-state index in [4.69, 9.17) is 0 Å². The Labute approximate surface area is 131 Å². The largest absolute Gasteiger partial charge is 0.294 e. The summed E-state index contributed by atoms with van der Waals surface area (Å²) in [6.07, 6.45) is 1.29. The van der Waals surface area contributed by atoms with Crippen molar-refractivity contribution in [3.8, 4) is 0 Å². The smallest absolute Gasteiger partial charge is 0.261 e. The minimum atomic E-state index is -3.61. The SMILES string of the molecule is CCCC(=O)c1ccc(NS(=O)(=O)c2cccc(C)c2)cc1. The second-order valence-electron chi connectivity index (χ2n) is 5.17. The van der Waals surface area contributed by atoms with Gasteiger partial charge in [0.05, 0.1) is 4.90 Å². The fourth-order valence-corrected chi connectivity index (χ4v) is 3.26. The first kappa shape index (κ1) is 16.2. The maximum absolute atomic E-state index is 12.3. The second-order valence-corrected chi connectivity index (χ2v) is 6.85. The molecule has 0 radical (unpaired) electrons. The summed E-state index contributed by atoms with van der Waals surface area (Å²) in [5.74, 6) is 0.0654. The molecule has 0 bridgehead atoms. The second kappa shape index (κ2) is 6.75. The maximum atomic E-state index is 12.3. The third kappa shape index (κ3) is 3.95. The van der Waals surface area contributed by atoms with Crippen LogP contribution in [0.25, 0.3) is 0 Å². The minimum Gasteiger partial charge on any atom is -0.294 e. The van der Waals surface area contributed by atoms with Crippen LogP contribution >= 0.6 is 0 Å². The highest BCUT2D eigenvalue weighted by Gasteiger charge is 2.14. The van der Waals surface area contributed by atoms with Crippen LogP contribution < -0.4 is 4.72 Å². The monoisotopic (exact) mass is 317 g/mol. The zero-order valence-corrected chi connectivity index (χ0v) is 13.5. The fraction of sp³-hybridized carbons (Fsp3) is 0.235. The van der Waals surface area contributed by atoms with E-state index in [0.717, 1.165) is 12.0 Å². The molecule has 116 valence electrons. The number of aryl methyl sites for hydroxylation is 1. The number of carbonyl (C=O) groups is 1. The summed E-state index contributed by atoms with van der Waals surface area (Å²) in [4.78, 5) is 12.0. The van der Waals surface area contributed by atoms with E-state index in [-0.39, 0.29) is 10.7 Å². The fourth-order valence-electron chi connectivity index (χ4n) is 2.09. The van der Waals surface area contributed by atoms with Crippen molar-refractivity contribution < 1.29 is 13.2 Å². The van der Waals surface area contributed by atoms with E-state index in [9.17, 15) is 13.2 Å². The Bertz CT molecular complexity index is 765. The van der Waals surface area contributed by atoms with Crippen molar-refractivity contribution in [1.29, 1.82) is 0 Å². The molecular formula is C17H19NO3S. The number of ketones is 1. The van der Waals surface area contributed by atoms with Gasteiger partial charge in [-0.25, -0.2) is 8.42 Å². The molecule has 0 heterocycles. The Morgan fingerprint density at radius 3 is 2.36 bits per heavy atom. The average molecular weight is 317 g/mol. The molecule has 0 aliphatic carbocycles. The van der Waals surface area contributed by atoms with Gasteiger partial charge in [-0.05, 0) is 55.3 Å². The summed E-state index contributed by atoms with van der Waals surface area (Å²) >= 11 is 0. The summed E-state index contributed by atoms with van der Waals surface area (Å²) in [5, 5.41) is 0. The van der Waals surface area contributed by atoms with Gasteiger partial charge < -0.3 is 0 Å². The lowest BCUT2D eigenvalue weighted by Gasteiger charge is -2.09. The first-order valence-electron chi connectivity index (χ1n) is 7.15. The quantitative estimate of drug-likeness (QED) is 0.825. The van der Waals surface area contributed by atoms with Gasteiger partial charge in [0, 0.05) is 17.7 Å². The van der Waals surface area contributed by atoms with Crippen molar-refractivity contribution in [3.63, 3.8) is 0 Å². The zero-order chi connectivity index (χ0) is 16.2. The standard InChI is InChI=1S/C17H19NO3S/c1-3-5-17(19)14-8-10-15(11-9-14)18-22(20,21)16-7-4-6-13(2)12-16/h4,6-12,18H,3,5H2,1-2H3. The van der Waals surface area contributed by atoms with Gasteiger partial charge in [0.1, 0.15) is 0 Å². The van der Waals surface area contributed by atoms with Crippen LogP contribution in [0.2, 0.25) is 0 Å². The molecule has 4 nitrogen and oxygen atoms in total. The third-order valence-electron chi connectivity index (χ3n) is 3.24. The van der Waals surface area contributed by atoms with Gasteiger partial charge >= 0.3 is 0 Å². The van der Waals surface area contributed by atoms with Crippen LogP contribution in [0.15, 0.2) is 53.4 Å². The number of nitrogens with one attached hydrogen (secondary N) is 1. The van der Waals surface area contributed by atoms with E-state index in [1.54, 1.807) is 42.5 Å².